The van der Waals surface area contributed by atoms with Crippen molar-refractivity contribution in [2.45, 2.75) is 39.8 Å². The van der Waals surface area contributed by atoms with Gasteiger partial charge in [-0.3, -0.25) is 0 Å². The smallest absolute Gasteiger partial charge is 0.178 e. The zero-order valence-corrected chi connectivity index (χ0v) is 12.5. The van der Waals surface area contributed by atoms with E-state index in [1.807, 2.05) is 31.4 Å². The van der Waals surface area contributed by atoms with Crippen molar-refractivity contribution >= 4 is 23.3 Å². The van der Waals surface area contributed by atoms with Crippen LogP contribution in [0.3, 0.4) is 0 Å². The van der Waals surface area contributed by atoms with Crippen LogP contribution in [-0.2, 0) is 11.3 Å². The molecule has 0 radical (unpaired) electrons. The minimum absolute atomic E-state index is 0.222. The topological polar surface area (TPSA) is 29.9 Å². The number of H-pyrrole nitrogens is 1. The number of halogens is 1. The lowest BCUT2D eigenvalue weighted by atomic mass is 10.1. The number of nitrogens with one attached hydrogen (secondary N) is 1. The van der Waals surface area contributed by atoms with Gasteiger partial charge in [0, 0.05) is 6.61 Å². The SMILES string of the molecule is CCOC(C)(C)Cn1c(=S)[nH]c2cc(F)c(C)cc21. The minimum Gasteiger partial charge on any atom is -0.374 e. The molecule has 0 atom stereocenters. The van der Waals surface area contributed by atoms with E-state index in [0.717, 1.165) is 11.0 Å². The molecule has 0 amide bonds. The van der Waals surface area contributed by atoms with Crippen molar-refractivity contribution in [3.05, 3.63) is 28.3 Å². The molecule has 3 nitrogen and oxygen atoms in total. The lowest BCUT2D eigenvalue weighted by Crippen LogP contribution is -2.30. The largest absolute Gasteiger partial charge is 0.374 e. The summed E-state index contributed by atoms with van der Waals surface area (Å²) in [4.78, 5) is 3.04. The molecule has 0 aliphatic rings. The molecule has 0 aliphatic heterocycles. The van der Waals surface area contributed by atoms with Crippen LogP contribution >= 0.6 is 12.2 Å². The van der Waals surface area contributed by atoms with Gasteiger partial charge in [0.2, 0.25) is 0 Å². The van der Waals surface area contributed by atoms with Gasteiger partial charge in [0.1, 0.15) is 5.82 Å². The Bertz CT molecular complexity index is 657. The van der Waals surface area contributed by atoms with E-state index in [-0.39, 0.29) is 11.4 Å². The van der Waals surface area contributed by atoms with Crippen molar-refractivity contribution in [2.24, 2.45) is 0 Å². The lowest BCUT2D eigenvalue weighted by Gasteiger charge is -2.25. The van der Waals surface area contributed by atoms with E-state index in [1.54, 1.807) is 6.92 Å². The molecule has 0 spiro atoms. The molecular formula is C14H19FN2OS. The van der Waals surface area contributed by atoms with Gasteiger partial charge in [-0.05, 0) is 57.6 Å². The molecular weight excluding hydrogens is 263 g/mol. The monoisotopic (exact) mass is 282 g/mol. The molecule has 0 aliphatic carbocycles. The van der Waals surface area contributed by atoms with Crippen molar-refractivity contribution in [2.75, 3.05) is 6.61 Å². The Balaban J connectivity index is 2.51. The number of aromatic nitrogens is 2. The van der Waals surface area contributed by atoms with Crippen molar-refractivity contribution in [3.63, 3.8) is 0 Å². The normalized spacial score (nSPS) is 12.3. The van der Waals surface area contributed by atoms with Gasteiger partial charge < -0.3 is 14.3 Å². The van der Waals surface area contributed by atoms with Gasteiger partial charge in [0.15, 0.2) is 4.77 Å². The second kappa shape index (κ2) is 5.06. The highest BCUT2D eigenvalue weighted by molar-refractivity contribution is 7.71. The predicted octanol–water partition coefficient (Wildman–Crippen LogP) is 3.96. The van der Waals surface area contributed by atoms with Crippen LogP contribution < -0.4 is 0 Å². The maximum Gasteiger partial charge on any atom is 0.178 e. The molecule has 1 aromatic heterocycles. The molecule has 19 heavy (non-hydrogen) atoms. The van der Waals surface area contributed by atoms with E-state index in [2.05, 4.69) is 4.98 Å². The molecule has 2 rings (SSSR count). The zero-order chi connectivity index (χ0) is 14.2. The van der Waals surface area contributed by atoms with E-state index in [9.17, 15) is 4.39 Å². The van der Waals surface area contributed by atoms with E-state index < -0.39 is 0 Å². The van der Waals surface area contributed by atoms with Crippen LogP contribution in [-0.4, -0.2) is 21.8 Å². The number of hydrogen-bond donors (Lipinski definition) is 1. The average molecular weight is 282 g/mol. The summed E-state index contributed by atoms with van der Waals surface area (Å²) < 4.78 is 21.8. The van der Waals surface area contributed by atoms with E-state index in [4.69, 9.17) is 17.0 Å². The molecule has 0 bridgehead atoms. The quantitative estimate of drug-likeness (QED) is 0.860. The van der Waals surface area contributed by atoms with Crippen LogP contribution in [0.25, 0.3) is 11.0 Å². The van der Waals surface area contributed by atoms with E-state index >= 15 is 0 Å². The standard InChI is InChI=1S/C14H19FN2OS/c1-5-18-14(3,4)8-17-12-6-9(2)10(15)7-11(12)16-13(17)19/h6-7H,5,8H2,1-4H3,(H,16,19). The second-order valence-corrected chi connectivity index (χ2v) is 5.71. The van der Waals surface area contributed by atoms with Crippen LogP contribution in [0, 0.1) is 17.5 Å². The molecule has 1 N–H and O–H groups in total. The number of aryl methyl sites for hydroxylation is 1. The first kappa shape index (κ1) is 14.2. The Morgan fingerprint density at radius 3 is 2.74 bits per heavy atom. The Kier molecular flexibility index (Phi) is 3.78. The average Bonchev–Trinajstić information content (AvgIpc) is 2.56. The molecule has 0 unspecified atom stereocenters. The Morgan fingerprint density at radius 1 is 1.42 bits per heavy atom. The van der Waals surface area contributed by atoms with Crippen LogP contribution in [0.2, 0.25) is 0 Å². The van der Waals surface area contributed by atoms with Crippen molar-refractivity contribution < 1.29 is 9.13 Å². The number of benzene rings is 1. The fourth-order valence-corrected chi connectivity index (χ4v) is 2.53. The number of fused-ring (bicyclic) bond motifs is 1. The second-order valence-electron chi connectivity index (χ2n) is 5.33. The summed E-state index contributed by atoms with van der Waals surface area (Å²) in [5, 5.41) is 0. The first-order chi connectivity index (χ1) is 8.84. The zero-order valence-electron chi connectivity index (χ0n) is 11.7. The maximum atomic E-state index is 13.6. The highest BCUT2D eigenvalue weighted by atomic mass is 32.1. The lowest BCUT2D eigenvalue weighted by molar-refractivity contribution is -0.0219. The third kappa shape index (κ3) is 2.87. The number of hydrogen-bond acceptors (Lipinski definition) is 2. The Hall–Kier alpha value is -1.20. The van der Waals surface area contributed by atoms with E-state index in [0.29, 0.717) is 23.5 Å². The highest BCUT2D eigenvalue weighted by Crippen LogP contribution is 2.22. The first-order valence-electron chi connectivity index (χ1n) is 6.36. The van der Waals surface area contributed by atoms with Gasteiger partial charge in [0.25, 0.3) is 0 Å². The number of imidazole rings is 1. The minimum atomic E-state index is -0.315. The number of ether oxygens (including phenoxy) is 1. The molecule has 104 valence electrons. The molecule has 5 heteroatoms. The molecule has 1 aromatic carbocycles. The summed E-state index contributed by atoms with van der Waals surface area (Å²) in [6.45, 7) is 9.04. The van der Waals surface area contributed by atoms with Crippen LogP contribution in [0.1, 0.15) is 26.3 Å². The summed E-state index contributed by atoms with van der Waals surface area (Å²) in [7, 11) is 0. The summed E-state index contributed by atoms with van der Waals surface area (Å²) in [6, 6.07) is 3.31. The van der Waals surface area contributed by atoms with Gasteiger partial charge in [-0.1, -0.05) is 0 Å². The third-order valence-electron chi connectivity index (χ3n) is 3.13. The first-order valence-corrected chi connectivity index (χ1v) is 6.77. The van der Waals surface area contributed by atoms with Gasteiger partial charge in [-0.25, -0.2) is 4.39 Å². The molecule has 0 fully saturated rings. The predicted molar refractivity (Wildman–Crippen MR) is 77.5 cm³/mol. The van der Waals surface area contributed by atoms with Crippen molar-refractivity contribution in [1.82, 2.24) is 9.55 Å². The summed E-state index contributed by atoms with van der Waals surface area (Å²) >= 11 is 5.32. The summed E-state index contributed by atoms with van der Waals surface area (Å²) in [5.74, 6) is -0.222. The number of aromatic amines is 1. The molecule has 0 saturated heterocycles. The van der Waals surface area contributed by atoms with E-state index in [1.165, 1.54) is 6.07 Å². The van der Waals surface area contributed by atoms with Crippen LogP contribution in [0.5, 0.6) is 0 Å². The van der Waals surface area contributed by atoms with Crippen molar-refractivity contribution in [1.29, 1.82) is 0 Å². The van der Waals surface area contributed by atoms with Crippen molar-refractivity contribution in [3.8, 4) is 0 Å². The maximum absolute atomic E-state index is 13.6. The van der Waals surface area contributed by atoms with Gasteiger partial charge in [-0.2, -0.15) is 0 Å². The molecule has 1 heterocycles. The summed E-state index contributed by atoms with van der Waals surface area (Å²) in [5.41, 5.74) is 1.94. The van der Waals surface area contributed by atoms with Gasteiger partial charge >= 0.3 is 0 Å². The fraction of sp³-hybridized carbons (Fsp3) is 0.500. The number of rotatable bonds is 4. The van der Waals surface area contributed by atoms with Crippen LogP contribution in [0.4, 0.5) is 4.39 Å². The van der Waals surface area contributed by atoms with Crippen LogP contribution in [0.15, 0.2) is 12.1 Å². The Labute approximate surface area is 117 Å². The number of nitrogens with zero attached hydrogens (tertiary/aromatic N) is 1. The van der Waals surface area contributed by atoms with Gasteiger partial charge in [0.05, 0.1) is 23.2 Å². The van der Waals surface area contributed by atoms with Gasteiger partial charge in [-0.15, -0.1) is 0 Å². The Morgan fingerprint density at radius 2 is 2.11 bits per heavy atom. The fourth-order valence-electron chi connectivity index (χ4n) is 2.26. The molecule has 0 saturated carbocycles. The highest BCUT2D eigenvalue weighted by Gasteiger charge is 2.20. The molecule has 2 aromatic rings. The third-order valence-corrected chi connectivity index (χ3v) is 3.45. The summed E-state index contributed by atoms with van der Waals surface area (Å²) in [6.07, 6.45) is 0.